The van der Waals surface area contributed by atoms with E-state index in [9.17, 15) is 5.11 Å². The monoisotopic (exact) mass is 281 g/mol. The number of aromatic hydroxyl groups is 2. The average molecular weight is 282 g/mol. The van der Waals surface area contributed by atoms with Gasteiger partial charge in [-0.05, 0) is 24.3 Å². The summed E-state index contributed by atoms with van der Waals surface area (Å²) in [5.74, 6) is -0.0481. The van der Waals surface area contributed by atoms with Crippen LogP contribution in [0.2, 0.25) is 0 Å². The number of hydrogen-bond donors (Lipinski definition) is 4. The maximum absolute atomic E-state index is 9.38. The van der Waals surface area contributed by atoms with Crippen molar-refractivity contribution in [3.8, 4) is 11.5 Å². The number of benzene rings is 1. The fourth-order valence-corrected chi connectivity index (χ4v) is 1.23. The first kappa shape index (κ1) is 14.5. The maximum Gasteiger partial charge on any atom is 0.168 e. The first-order chi connectivity index (χ1) is 8.56. The van der Waals surface area contributed by atoms with Crippen molar-refractivity contribution < 1.29 is 10.2 Å². The summed E-state index contributed by atoms with van der Waals surface area (Å²) in [6.07, 6.45) is 0. The van der Waals surface area contributed by atoms with E-state index < -0.39 is 0 Å². The standard InChI is InChI=1S/C11H11N5O2.ClH/c12-10-8(5-9(18)11(13)14-10)16-15-6-1-3-7(17)4-2-6;/h1-5,17-18H,(H4,12,13,14);1H. The molecule has 0 aliphatic carbocycles. The minimum atomic E-state index is -0.205. The highest BCUT2D eigenvalue weighted by atomic mass is 35.5. The fourth-order valence-electron chi connectivity index (χ4n) is 1.23. The van der Waals surface area contributed by atoms with Gasteiger partial charge < -0.3 is 21.7 Å². The van der Waals surface area contributed by atoms with Crippen LogP contribution in [0.3, 0.4) is 0 Å². The first-order valence-corrected chi connectivity index (χ1v) is 5.02. The van der Waals surface area contributed by atoms with Crippen LogP contribution in [0.5, 0.6) is 11.5 Å². The van der Waals surface area contributed by atoms with Crippen LogP contribution in [0.15, 0.2) is 40.6 Å². The molecule has 1 aromatic heterocycles. The number of pyridine rings is 1. The van der Waals surface area contributed by atoms with Gasteiger partial charge in [-0.3, -0.25) is 0 Å². The summed E-state index contributed by atoms with van der Waals surface area (Å²) in [6, 6.07) is 7.41. The lowest BCUT2D eigenvalue weighted by Gasteiger charge is -2.02. The zero-order valence-corrected chi connectivity index (χ0v) is 10.5. The van der Waals surface area contributed by atoms with E-state index in [4.69, 9.17) is 16.6 Å². The molecule has 0 saturated carbocycles. The van der Waals surface area contributed by atoms with E-state index in [1.54, 1.807) is 12.1 Å². The van der Waals surface area contributed by atoms with E-state index in [0.717, 1.165) is 0 Å². The van der Waals surface area contributed by atoms with Crippen molar-refractivity contribution in [3.05, 3.63) is 30.3 Å². The molecule has 19 heavy (non-hydrogen) atoms. The molecule has 100 valence electrons. The van der Waals surface area contributed by atoms with Gasteiger partial charge in [0.1, 0.15) is 11.4 Å². The van der Waals surface area contributed by atoms with Crippen molar-refractivity contribution >= 4 is 35.4 Å². The number of nitrogens with zero attached hydrogens (tertiary/aromatic N) is 3. The Morgan fingerprint density at radius 3 is 2.21 bits per heavy atom. The Kier molecular flexibility index (Phi) is 4.49. The van der Waals surface area contributed by atoms with Crippen LogP contribution in [-0.2, 0) is 0 Å². The smallest absolute Gasteiger partial charge is 0.168 e. The fraction of sp³-hybridized carbons (Fsp3) is 0. The Morgan fingerprint density at radius 1 is 0.947 bits per heavy atom. The highest BCUT2D eigenvalue weighted by Crippen LogP contribution is 2.30. The summed E-state index contributed by atoms with van der Waals surface area (Å²) >= 11 is 0. The largest absolute Gasteiger partial charge is 0.508 e. The van der Waals surface area contributed by atoms with Crippen LogP contribution in [-0.4, -0.2) is 15.2 Å². The number of halogens is 1. The minimum absolute atomic E-state index is 0. The molecule has 0 spiro atoms. The van der Waals surface area contributed by atoms with Gasteiger partial charge in [-0.25, -0.2) is 4.98 Å². The Morgan fingerprint density at radius 2 is 1.58 bits per heavy atom. The predicted molar refractivity (Wildman–Crippen MR) is 74.3 cm³/mol. The normalized spacial score (nSPS) is 10.3. The lowest BCUT2D eigenvalue weighted by atomic mass is 10.3. The highest BCUT2D eigenvalue weighted by Gasteiger charge is 2.05. The molecule has 0 radical (unpaired) electrons. The summed E-state index contributed by atoms with van der Waals surface area (Å²) < 4.78 is 0. The van der Waals surface area contributed by atoms with Gasteiger partial charge in [-0.1, -0.05) is 0 Å². The van der Waals surface area contributed by atoms with Crippen molar-refractivity contribution in [3.63, 3.8) is 0 Å². The van der Waals surface area contributed by atoms with E-state index in [0.29, 0.717) is 5.69 Å². The number of anilines is 2. The van der Waals surface area contributed by atoms with Gasteiger partial charge in [-0.15, -0.1) is 17.5 Å². The molecular formula is C11H12ClN5O2. The molecule has 7 nitrogen and oxygen atoms in total. The van der Waals surface area contributed by atoms with Crippen LogP contribution in [0.1, 0.15) is 0 Å². The van der Waals surface area contributed by atoms with Crippen molar-refractivity contribution in [1.82, 2.24) is 4.98 Å². The zero-order chi connectivity index (χ0) is 13.1. The third kappa shape index (κ3) is 3.46. The van der Waals surface area contributed by atoms with Gasteiger partial charge >= 0.3 is 0 Å². The molecule has 8 heteroatoms. The van der Waals surface area contributed by atoms with Crippen LogP contribution in [0.25, 0.3) is 0 Å². The number of nitrogens with two attached hydrogens (primary N) is 2. The van der Waals surface area contributed by atoms with Gasteiger partial charge in [0.05, 0.1) is 5.69 Å². The molecular weight excluding hydrogens is 270 g/mol. The second kappa shape index (κ2) is 5.87. The lowest BCUT2D eigenvalue weighted by molar-refractivity contribution is 0.475. The van der Waals surface area contributed by atoms with E-state index in [1.165, 1.54) is 18.2 Å². The van der Waals surface area contributed by atoms with Crippen molar-refractivity contribution in [2.24, 2.45) is 10.2 Å². The number of rotatable bonds is 2. The molecule has 0 saturated heterocycles. The third-order valence-corrected chi connectivity index (χ3v) is 2.16. The van der Waals surface area contributed by atoms with Crippen molar-refractivity contribution in [2.75, 3.05) is 11.5 Å². The molecule has 0 bridgehead atoms. The number of azo groups is 1. The van der Waals surface area contributed by atoms with Gasteiger partial charge in [0.2, 0.25) is 0 Å². The van der Waals surface area contributed by atoms with E-state index >= 15 is 0 Å². The number of aromatic nitrogens is 1. The van der Waals surface area contributed by atoms with Gasteiger partial charge in [0.15, 0.2) is 17.4 Å². The molecule has 6 N–H and O–H groups in total. The number of phenols is 1. The summed E-state index contributed by atoms with van der Waals surface area (Å²) in [4.78, 5) is 3.71. The maximum atomic E-state index is 9.38. The van der Waals surface area contributed by atoms with Gasteiger partial charge in [0, 0.05) is 6.07 Å². The summed E-state index contributed by atoms with van der Waals surface area (Å²) in [7, 11) is 0. The molecule has 0 aliphatic heterocycles. The van der Waals surface area contributed by atoms with E-state index in [2.05, 4.69) is 15.2 Å². The minimum Gasteiger partial charge on any atom is -0.508 e. The third-order valence-electron chi connectivity index (χ3n) is 2.16. The molecule has 1 aromatic carbocycles. The number of nitrogen functional groups attached to an aromatic ring is 2. The number of hydrogen-bond acceptors (Lipinski definition) is 7. The molecule has 0 amide bonds. The summed E-state index contributed by atoms with van der Waals surface area (Å²) in [5.41, 5.74) is 11.7. The number of phenolic OH excluding ortho intramolecular Hbond substituents is 1. The molecule has 2 aromatic rings. The van der Waals surface area contributed by atoms with Gasteiger partial charge in [-0.2, -0.15) is 5.11 Å². The van der Waals surface area contributed by atoms with E-state index in [1.807, 2.05) is 0 Å². The lowest BCUT2D eigenvalue weighted by Crippen LogP contribution is -1.96. The van der Waals surface area contributed by atoms with Gasteiger partial charge in [0.25, 0.3) is 0 Å². The Bertz CT molecular complexity index is 601. The second-order valence-corrected chi connectivity index (χ2v) is 3.51. The molecule has 0 atom stereocenters. The predicted octanol–water partition coefficient (Wildman–Crippen LogP) is 2.49. The summed E-state index contributed by atoms with van der Waals surface area (Å²) in [6.45, 7) is 0. The Labute approximate surface area is 115 Å². The quantitative estimate of drug-likeness (QED) is 0.628. The summed E-state index contributed by atoms with van der Waals surface area (Å²) in [5, 5.41) is 26.2. The molecule has 2 rings (SSSR count). The Hall–Kier alpha value is -2.54. The Balaban J connectivity index is 0.00000180. The van der Waals surface area contributed by atoms with Crippen LogP contribution in [0, 0.1) is 0 Å². The average Bonchev–Trinajstić information content (AvgIpc) is 2.34. The zero-order valence-electron chi connectivity index (χ0n) is 9.69. The second-order valence-electron chi connectivity index (χ2n) is 3.51. The van der Waals surface area contributed by atoms with Crippen molar-refractivity contribution in [2.45, 2.75) is 0 Å². The molecule has 1 heterocycles. The van der Waals surface area contributed by atoms with Crippen LogP contribution < -0.4 is 11.5 Å². The topological polar surface area (TPSA) is 130 Å². The van der Waals surface area contributed by atoms with Crippen molar-refractivity contribution in [1.29, 1.82) is 0 Å². The van der Waals surface area contributed by atoms with E-state index in [-0.39, 0.29) is 41.2 Å². The molecule has 0 aliphatic rings. The molecule has 0 fully saturated rings. The molecule has 0 unspecified atom stereocenters. The highest BCUT2D eigenvalue weighted by molar-refractivity contribution is 5.85. The van der Waals surface area contributed by atoms with Crippen LogP contribution in [0.4, 0.5) is 23.0 Å². The van der Waals surface area contributed by atoms with Crippen LogP contribution >= 0.6 is 12.4 Å². The SMILES string of the molecule is Cl.Nc1nc(N)c(N=Nc2ccc(O)cc2)cc1O. The first-order valence-electron chi connectivity index (χ1n) is 5.02.